The number of amides is 2. The van der Waals surface area contributed by atoms with Gasteiger partial charge < -0.3 is 14.9 Å². The summed E-state index contributed by atoms with van der Waals surface area (Å²) in [7, 11) is 1.57. The number of piperidine rings is 1. The smallest absolute Gasteiger partial charge is 0.308 e. The predicted octanol–water partition coefficient (Wildman–Crippen LogP) is 1.27. The fourth-order valence-electron chi connectivity index (χ4n) is 3.18. The van der Waals surface area contributed by atoms with Crippen LogP contribution in [-0.2, 0) is 9.59 Å². The lowest BCUT2D eigenvalue weighted by molar-refractivity contribution is -0.145. The van der Waals surface area contributed by atoms with Crippen molar-refractivity contribution >= 4 is 17.8 Å². The maximum atomic E-state index is 12.6. The lowest BCUT2D eigenvalue weighted by atomic mass is 9.98. The summed E-state index contributed by atoms with van der Waals surface area (Å²) in [4.78, 5) is 39.1. The van der Waals surface area contributed by atoms with Crippen LogP contribution in [0.2, 0.25) is 0 Å². The molecule has 1 aliphatic heterocycles. The summed E-state index contributed by atoms with van der Waals surface area (Å²) in [6.07, 6.45) is 4.73. The molecule has 2 heterocycles. The first-order chi connectivity index (χ1) is 13.0. The molecule has 3 rings (SSSR count). The molecular weight excluding hydrogens is 348 g/mol. The van der Waals surface area contributed by atoms with Gasteiger partial charge in [-0.2, -0.15) is 5.10 Å². The van der Waals surface area contributed by atoms with Gasteiger partial charge in [-0.05, 0) is 43.2 Å². The Hall–Kier alpha value is -3.16. The van der Waals surface area contributed by atoms with Crippen LogP contribution in [0.25, 0.3) is 5.69 Å². The number of carboxylic acids is 1. The maximum absolute atomic E-state index is 12.6. The van der Waals surface area contributed by atoms with Crippen molar-refractivity contribution in [1.82, 2.24) is 19.6 Å². The largest absolute Gasteiger partial charge is 0.481 e. The first-order valence-corrected chi connectivity index (χ1v) is 8.82. The zero-order valence-electron chi connectivity index (χ0n) is 15.1. The molecule has 142 valence electrons. The molecule has 8 nitrogen and oxygen atoms in total. The first-order valence-electron chi connectivity index (χ1n) is 8.82. The van der Waals surface area contributed by atoms with E-state index in [0.29, 0.717) is 24.9 Å². The van der Waals surface area contributed by atoms with Crippen LogP contribution in [0.3, 0.4) is 0 Å². The zero-order valence-corrected chi connectivity index (χ0v) is 15.1. The fourth-order valence-corrected chi connectivity index (χ4v) is 3.18. The molecule has 2 aromatic rings. The van der Waals surface area contributed by atoms with E-state index in [1.807, 2.05) is 12.3 Å². The number of hydrogen-bond acceptors (Lipinski definition) is 4. The van der Waals surface area contributed by atoms with E-state index in [9.17, 15) is 14.4 Å². The molecule has 0 bridgehead atoms. The van der Waals surface area contributed by atoms with Crippen molar-refractivity contribution < 1.29 is 19.5 Å². The van der Waals surface area contributed by atoms with E-state index in [-0.39, 0.29) is 24.9 Å². The molecular formula is C19H22N4O4. The van der Waals surface area contributed by atoms with Gasteiger partial charge in [-0.15, -0.1) is 0 Å². The van der Waals surface area contributed by atoms with Crippen LogP contribution in [0.1, 0.15) is 23.2 Å². The summed E-state index contributed by atoms with van der Waals surface area (Å²) in [5, 5.41) is 13.3. The Morgan fingerprint density at radius 2 is 2.00 bits per heavy atom. The van der Waals surface area contributed by atoms with Gasteiger partial charge in [-0.25, -0.2) is 4.68 Å². The third-order valence-electron chi connectivity index (χ3n) is 4.73. The van der Waals surface area contributed by atoms with E-state index in [1.165, 1.54) is 9.80 Å². The van der Waals surface area contributed by atoms with Crippen molar-refractivity contribution in [3.05, 3.63) is 48.3 Å². The van der Waals surface area contributed by atoms with Crippen molar-refractivity contribution in [1.29, 1.82) is 0 Å². The molecule has 0 aliphatic carbocycles. The van der Waals surface area contributed by atoms with Gasteiger partial charge in [0.05, 0.1) is 18.2 Å². The number of aliphatic carboxylic acids is 1. The van der Waals surface area contributed by atoms with E-state index < -0.39 is 11.9 Å². The van der Waals surface area contributed by atoms with Crippen molar-refractivity contribution in [2.24, 2.45) is 5.92 Å². The van der Waals surface area contributed by atoms with Crippen LogP contribution in [0.15, 0.2) is 42.7 Å². The molecule has 0 spiro atoms. The highest BCUT2D eigenvalue weighted by atomic mass is 16.4. The van der Waals surface area contributed by atoms with Gasteiger partial charge in [0.2, 0.25) is 5.91 Å². The molecule has 1 saturated heterocycles. The molecule has 8 heteroatoms. The number of rotatable bonds is 5. The standard InChI is InChI=1S/C19H22N4O4/c1-21(13-17(24)22-10-2-4-15(12-22)19(26)27)18(25)14-5-7-16(8-6-14)23-11-3-9-20-23/h3,5-9,11,15H,2,4,10,12-13H2,1H3,(H,26,27). The molecule has 1 atom stereocenters. The zero-order chi connectivity index (χ0) is 19.4. The molecule has 2 amide bonds. The summed E-state index contributed by atoms with van der Waals surface area (Å²) in [6.45, 7) is 0.657. The van der Waals surface area contributed by atoms with Crippen LogP contribution in [0.4, 0.5) is 0 Å². The number of carboxylic acid groups (broad SMARTS) is 1. The van der Waals surface area contributed by atoms with Crippen molar-refractivity contribution in [3.8, 4) is 5.69 Å². The molecule has 1 aromatic carbocycles. The highest BCUT2D eigenvalue weighted by Crippen LogP contribution is 2.17. The summed E-state index contributed by atoms with van der Waals surface area (Å²) >= 11 is 0. The Kier molecular flexibility index (Phi) is 5.54. The summed E-state index contributed by atoms with van der Waals surface area (Å²) in [5.74, 6) is -1.90. The third-order valence-corrected chi connectivity index (χ3v) is 4.73. The summed E-state index contributed by atoms with van der Waals surface area (Å²) in [5.41, 5.74) is 1.31. The van der Waals surface area contributed by atoms with E-state index in [0.717, 1.165) is 5.69 Å². The molecule has 1 fully saturated rings. The van der Waals surface area contributed by atoms with E-state index in [4.69, 9.17) is 5.11 Å². The number of carbonyl (C=O) groups is 3. The second kappa shape index (κ2) is 8.03. The minimum absolute atomic E-state index is 0.0773. The minimum Gasteiger partial charge on any atom is -0.481 e. The van der Waals surface area contributed by atoms with Crippen LogP contribution in [-0.4, -0.2) is 69.2 Å². The van der Waals surface area contributed by atoms with Crippen LogP contribution in [0.5, 0.6) is 0 Å². The predicted molar refractivity (Wildman–Crippen MR) is 97.5 cm³/mol. The van der Waals surface area contributed by atoms with E-state index in [1.54, 1.807) is 42.2 Å². The number of benzene rings is 1. The normalized spacial score (nSPS) is 16.8. The van der Waals surface area contributed by atoms with E-state index >= 15 is 0 Å². The Labute approximate surface area is 157 Å². The lowest BCUT2D eigenvalue weighted by Gasteiger charge is -2.32. The van der Waals surface area contributed by atoms with Crippen LogP contribution < -0.4 is 0 Å². The van der Waals surface area contributed by atoms with Gasteiger partial charge in [0.15, 0.2) is 0 Å². The van der Waals surface area contributed by atoms with Gasteiger partial charge >= 0.3 is 5.97 Å². The topological polar surface area (TPSA) is 95.7 Å². The molecule has 1 unspecified atom stereocenters. The second-order valence-corrected chi connectivity index (χ2v) is 6.68. The van der Waals surface area contributed by atoms with Crippen molar-refractivity contribution in [3.63, 3.8) is 0 Å². The first kappa shape index (κ1) is 18.6. The molecule has 27 heavy (non-hydrogen) atoms. The average molecular weight is 370 g/mol. The third kappa shape index (κ3) is 4.33. The van der Waals surface area contributed by atoms with Gasteiger partial charge in [0, 0.05) is 38.1 Å². The molecule has 0 radical (unpaired) electrons. The molecule has 1 aromatic heterocycles. The number of aromatic nitrogens is 2. The Morgan fingerprint density at radius 1 is 1.26 bits per heavy atom. The highest BCUT2D eigenvalue weighted by Gasteiger charge is 2.29. The summed E-state index contributed by atoms with van der Waals surface area (Å²) < 4.78 is 1.69. The average Bonchev–Trinajstić information content (AvgIpc) is 3.22. The Bertz CT molecular complexity index is 817. The minimum atomic E-state index is -0.880. The lowest BCUT2D eigenvalue weighted by Crippen LogP contribution is -2.46. The van der Waals surface area contributed by atoms with Gasteiger partial charge in [0.1, 0.15) is 0 Å². The van der Waals surface area contributed by atoms with Gasteiger partial charge in [-0.3, -0.25) is 14.4 Å². The fraction of sp³-hybridized carbons (Fsp3) is 0.368. The Morgan fingerprint density at radius 3 is 2.63 bits per heavy atom. The van der Waals surface area contributed by atoms with E-state index in [2.05, 4.69) is 5.10 Å². The van der Waals surface area contributed by atoms with Crippen LogP contribution >= 0.6 is 0 Å². The molecule has 0 saturated carbocycles. The molecule has 1 aliphatic rings. The van der Waals surface area contributed by atoms with Gasteiger partial charge in [0.25, 0.3) is 5.91 Å². The SMILES string of the molecule is CN(CC(=O)N1CCCC(C(=O)O)C1)C(=O)c1ccc(-n2cccn2)cc1. The number of carbonyl (C=O) groups excluding carboxylic acids is 2. The monoisotopic (exact) mass is 370 g/mol. The molecule has 1 N–H and O–H groups in total. The second-order valence-electron chi connectivity index (χ2n) is 6.68. The van der Waals surface area contributed by atoms with Crippen molar-refractivity contribution in [2.45, 2.75) is 12.8 Å². The number of likely N-dealkylation sites (N-methyl/N-ethyl adjacent to an activating group) is 1. The number of hydrogen-bond donors (Lipinski definition) is 1. The highest BCUT2D eigenvalue weighted by molar-refractivity contribution is 5.96. The van der Waals surface area contributed by atoms with Crippen molar-refractivity contribution in [2.75, 3.05) is 26.7 Å². The van der Waals surface area contributed by atoms with Crippen LogP contribution in [0, 0.1) is 5.92 Å². The summed E-state index contributed by atoms with van der Waals surface area (Å²) in [6, 6.07) is 8.79. The van der Waals surface area contributed by atoms with Gasteiger partial charge in [-0.1, -0.05) is 0 Å². The number of nitrogens with zero attached hydrogens (tertiary/aromatic N) is 4. The quantitative estimate of drug-likeness (QED) is 0.855. The maximum Gasteiger partial charge on any atom is 0.308 e. The number of likely N-dealkylation sites (tertiary alicyclic amines) is 1. The Balaban J connectivity index is 1.60.